The molecule has 0 saturated carbocycles. The monoisotopic (exact) mass is 462 g/mol. The third-order valence-corrected chi connectivity index (χ3v) is 5.32. The molecule has 0 radical (unpaired) electrons. The molecule has 2 rings (SSSR count). The van der Waals surface area contributed by atoms with Gasteiger partial charge in [0.1, 0.15) is 0 Å². The molecule has 0 aliphatic heterocycles. The predicted molar refractivity (Wildman–Crippen MR) is 122 cm³/mol. The second-order valence-corrected chi connectivity index (χ2v) is 7.85. The van der Waals surface area contributed by atoms with Gasteiger partial charge >= 0.3 is 0 Å². The molecule has 0 atom stereocenters. The number of unbranched alkanes of at least 4 members (excludes halogenated alkanes) is 3. The number of carbonyl (C=O) groups excluding carboxylic acids is 1. The Bertz CT molecular complexity index is 778. The minimum absolute atomic E-state index is 0.0931. The van der Waals surface area contributed by atoms with Crippen LogP contribution in [-0.2, 0) is 11.3 Å². The number of amides is 1. The summed E-state index contributed by atoms with van der Waals surface area (Å²) in [6.45, 7) is 5.70. The van der Waals surface area contributed by atoms with Gasteiger partial charge in [0, 0.05) is 22.3 Å². The summed E-state index contributed by atoms with van der Waals surface area (Å²) in [5.41, 5.74) is 2.84. The molecule has 1 amide bonds. The number of halogens is 1. The standard InChI is InChI=1S/C23H31BrN2O3/c1-4-5-6-7-14-25-15-19-20(24)12-13-21(28-3)23(19)29-16-22(27)26-18-10-8-17(2)9-11-18/h8-13,25H,4-7,14-16H2,1-3H3,(H,26,27). The maximum absolute atomic E-state index is 12.3. The third kappa shape index (κ3) is 7.71. The van der Waals surface area contributed by atoms with Crippen LogP contribution < -0.4 is 20.1 Å². The average molecular weight is 463 g/mol. The number of aryl methyl sites for hydroxylation is 1. The van der Waals surface area contributed by atoms with Gasteiger partial charge < -0.3 is 20.1 Å². The third-order valence-electron chi connectivity index (χ3n) is 4.58. The molecule has 0 spiro atoms. The quantitative estimate of drug-likeness (QED) is 0.411. The van der Waals surface area contributed by atoms with E-state index in [1.807, 2.05) is 43.3 Å². The van der Waals surface area contributed by atoms with Crippen molar-refractivity contribution in [3.05, 3.63) is 52.0 Å². The zero-order chi connectivity index (χ0) is 21.1. The smallest absolute Gasteiger partial charge is 0.262 e. The highest BCUT2D eigenvalue weighted by atomic mass is 79.9. The van der Waals surface area contributed by atoms with Gasteiger partial charge in [-0.15, -0.1) is 0 Å². The molecular weight excluding hydrogens is 432 g/mol. The lowest BCUT2D eigenvalue weighted by atomic mass is 10.1. The van der Waals surface area contributed by atoms with E-state index in [1.54, 1.807) is 7.11 Å². The van der Waals surface area contributed by atoms with Crippen molar-refractivity contribution >= 4 is 27.5 Å². The summed E-state index contributed by atoms with van der Waals surface area (Å²) in [7, 11) is 1.60. The average Bonchev–Trinajstić information content (AvgIpc) is 2.72. The molecular formula is C23H31BrN2O3. The maximum Gasteiger partial charge on any atom is 0.262 e. The Hall–Kier alpha value is -2.05. The maximum atomic E-state index is 12.3. The number of ether oxygens (including phenoxy) is 2. The SMILES string of the molecule is CCCCCCNCc1c(Br)ccc(OC)c1OCC(=O)Nc1ccc(C)cc1. The summed E-state index contributed by atoms with van der Waals surface area (Å²) in [6.07, 6.45) is 4.86. The number of anilines is 1. The molecule has 0 aliphatic rings. The fourth-order valence-electron chi connectivity index (χ4n) is 2.93. The molecule has 6 heteroatoms. The van der Waals surface area contributed by atoms with Gasteiger partial charge in [-0.05, 0) is 44.2 Å². The van der Waals surface area contributed by atoms with E-state index in [-0.39, 0.29) is 12.5 Å². The topological polar surface area (TPSA) is 59.6 Å². The molecule has 0 heterocycles. The number of nitrogens with one attached hydrogen (secondary N) is 2. The van der Waals surface area contributed by atoms with Crippen LogP contribution in [0.15, 0.2) is 40.9 Å². The van der Waals surface area contributed by atoms with Crippen LogP contribution in [0, 0.1) is 6.92 Å². The first-order chi connectivity index (χ1) is 14.0. The second-order valence-electron chi connectivity index (χ2n) is 7.00. The molecule has 2 aromatic carbocycles. The van der Waals surface area contributed by atoms with Crippen LogP contribution in [0.25, 0.3) is 0 Å². The zero-order valence-corrected chi connectivity index (χ0v) is 19.1. The summed E-state index contributed by atoms with van der Waals surface area (Å²) < 4.78 is 12.3. The van der Waals surface area contributed by atoms with E-state index < -0.39 is 0 Å². The van der Waals surface area contributed by atoms with E-state index in [0.29, 0.717) is 18.0 Å². The van der Waals surface area contributed by atoms with Crippen LogP contribution in [-0.4, -0.2) is 26.2 Å². The largest absolute Gasteiger partial charge is 0.493 e. The summed E-state index contributed by atoms with van der Waals surface area (Å²) >= 11 is 3.60. The van der Waals surface area contributed by atoms with Crippen molar-refractivity contribution in [3.8, 4) is 11.5 Å². The Labute approximate surface area is 182 Å². The molecule has 2 N–H and O–H groups in total. The number of methoxy groups -OCH3 is 1. The number of carbonyl (C=O) groups is 1. The van der Waals surface area contributed by atoms with Gasteiger partial charge in [-0.25, -0.2) is 0 Å². The van der Waals surface area contributed by atoms with Gasteiger partial charge in [0.2, 0.25) is 0 Å². The Morgan fingerprint density at radius 1 is 1.07 bits per heavy atom. The van der Waals surface area contributed by atoms with E-state index >= 15 is 0 Å². The minimum atomic E-state index is -0.214. The van der Waals surface area contributed by atoms with Crippen LogP contribution >= 0.6 is 15.9 Å². The minimum Gasteiger partial charge on any atom is -0.493 e. The fraction of sp³-hybridized carbons (Fsp3) is 0.435. The molecule has 29 heavy (non-hydrogen) atoms. The van der Waals surface area contributed by atoms with Gasteiger partial charge in [0.25, 0.3) is 5.91 Å². The molecule has 0 aliphatic carbocycles. The van der Waals surface area contributed by atoms with Crippen LogP contribution in [0.3, 0.4) is 0 Å². The van der Waals surface area contributed by atoms with Crippen LogP contribution in [0.2, 0.25) is 0 Å². The molecule has 0 bridgehead atoms. The lowest BCUT2D eigenvalue weighted by Crippen LogP contribution is -2.22. The van der Waals surface area contributed by atoms with Crippen molar-refractivity contribution in [1.29, 1.82) is 0 Å². The molecule has 0 unspecified atom stereocenters. The Morgan fingerprint density at radius 3 is 2.52 bits per heavy atom. The van der Waals surface area contributed by atoms with Crippen molar-refractivity contribution in [1.82, 2.24) is 5.32 Å². The number of rotatable bonds is 12. The predicted octanol–water partition coefficient (Wildman–Crippen LogP) is 5.45. The van der Waals surface area contributed by atoms with Crippen molar-refractivity contribution < 1.29 is 14.3 Å². The highest BCUT2D eigenvalue weighted by molar-refractivity contribution is 9.10. The van der Waals surface area contributed by atoms with Gasteiger partial charge in [0.15, 0.2) is 18.1 Å². The summed E-state index contributed by atoms with van der Waals surface area (Å²) in [5, 5.41) is 6.31. The molecule has 2 aromatic rings. The Kier molecular flexibility index (Phi) is 10.0. The van der Waals surface area contributed by atoms with Gasteiger partial charge in [-0.3, -0.25) is 4.79 Å². The van der Waals surface area contributed by atoms with Gasteiger partial charge in [-0.1, -0.05) is 59.8 Å². The number of benzene rings is 2. The van der Waals surface area contributed by atoms with Crippen molar-refractivity contribution in [2.24, 2.45) is 0 Å². The van der Waals surface area contributed by atoms with Crippen molar-refractivity contribution in [2.45, 2.75) is 46.1 Å². The zero-order valence-electron chi connectivity index (χ0n) is 17.5. The van der Waals surface area contributed by atoms with E-state index in [0.717, 1.165) is 34.3 Å². The normalized spacial score (nSPS) is 10.6. The van der Waals surface area contributed by atoms with E-state index in [2.05, 4.69) is 33.5 Å². The number of hydrogen-bond acceptors (Lipinski definition) is 4. The first-order valence-corrected chi connectivity index (χ1v) is 10.9. The molecule has 158 valence electrons. The first kappa shape index (κ1) is 23.2. The van der Waals surface area contributed by atoms with Gasteiger partial charge in [-0.2, -0.15) is 0 Å². The first-order valence-electron chi connectivity index (χ1n) is 10.1. The second kappa shape index (κ2) is 12.5. The molecule has 5 nitrogen and oxygen atoms in total. The highest BCUT2D eigenvalue weighted by Crippen LogP contribution is 2.36. The lowest BCUT2D eigenvalue weighted by molar-refractivity contribution is -0.118. The summed E-state index contributed by atoms with van der Waals surface area (Å²) in [6, 6.07) is 11.4. The highest BCUT2D eigenvalue weighted by Gasteiger charge is 2.16. The Balaban J connectivity index is 1.98. The fourth-order valence-corrected chi connectivity index (χ4v) is 3.38. The molecule has 0 saturated heterocycles. The van der Waals surface area contributed by atoms with Crippen LogP contribution in [0.5, 0.6) is 11.5 Å². The van der Waals surface area contributed by atoms with Crippen LogP contribution in [0.4, 0.5) is 5.69 Å². The van der Waals surface area contributed by atoms with Crippen LogP contribution in [0.1, 0.15) is 43.7 Å². The van der Waals surface area contributed by atoms with E-state index in [9.17, 15) is 4.79 Å². The Morgan fingerprint density at radius 2 is 1.83 bits per heavy atom. The van der Waals surface area contributed by atoms with Crippen molar-refractivity contribution in [2.75, 3.05) is 25.6 Å². The van der Waals surface area contributed by atoms with E-state index in [1.165, 1.54) is 19.3 Å². The summed E-state index contributed by atoms with van der Waals surface area (Å²) in [4.78, 5) is 12.3. The molecule has 0 fully saturated rings. The summed E-state index contributed by atoms with van der Waals surface area (Å²) in [5.74, 6) is 0.982. The number of hydrogen-bond donors (Lipinski definition) is 2. The molecule has 0 aromatic heterocycles. The van der Waals surface area contributed by atoms with Crippen molar-refractivity contribution in [3.63, 3.8) is 0 Å². The lowest BCUT2D eigenvalue weighted by Gasteiger charge is -2.17. The van der Waals surface area contributed by atoms with Gasteiger partial charge in [0.05, 0.1) is 7.11 Å². The van der Waals surface area contributed by atoms with E-state index in [4.69, 9.17) is 9.47 Å².